The smallest absolute Gasteiger partial charge is 0.341 e. The number of furan rings is 1. The molecule has 1 fully saturated rings. The Kier molecular flexibility index (Phi) is 4.93. The van der Waals surface area contributed by atoms with Gasteiger partial charge in [0.15, 0.2) is 0 Å². The molecule has 1 aromatic heterocycles. The zero-order chi connectivity index (χ0) is 18.0. The topological polar surface area (TPSA) is 65.7 Å². The minimum absolute atomic E-state index is 0.345. The number of fused-ring (bicyclic) bond motifs is 1. The van der Waals surface area contributed by atoms with Gasteiger partial charge in [0.05, 0.1) is 17.7 Å². The molecule has 1 aliphatic heterocycles. The van der Waals surface area contributed by atoms with Gasteiger partial charge in [-0.05, 0) is 38.8 Å². The number of allylic oxidation sites excluding steroid dienone is 2. The fourth-order valence-corrected chi connectivity index (χ4v) is 3.32. The van der Waals surface area contributed by atoms with Crippen LogP contribution in [0.15, 0.2) is 58.5 Å². The summed E-state index contributed by atoms with van der Waals surface area (Å²) < 4.78 is 16.2. The molecule has 2 heterocycles. The fraction of sp³-hybridized carbons (Fsp3) is 0.400. The van der Waals surface area contributed by atoms with E-state index in [9.17, 15) is 9.59 Å². The molecule has 5 heteroatoms. The minimum atomic E-state index is -0.523. The van der Waals surface area contributed by atoms with E-state index in [2.05, 4.69) is 12.7 Å². The molecule has 0 aromatic carbocycles. The van der Waals surface area contributed by atoms with Crippen molar-refractivity contribution in [3.05, 3.63) is 59.6 Å². The first-order valence-electron chi connectivity index (χ1n) is 8.41. The van der Waals surface area contributed by atoms with E-state index in [-0.39, 0.29) is 5.92 Å². The van der Waals surface area contributed by atoms with Gasteiger partial charge in [0.1, 0.15) is 18.5 Å². The maximum atomic E-state index is 12.4. The van der Waals surface area contributed by atoms with Crippen molar-refractivity contribution in [2.24, 2.45) is 5.92 Å². The third-order valence-corrected chi connectivity index (χ3v) is 4.68. The highest BCUT2D eigenvalue weighted by molar-refractivity contribution is 5.92. The summed E-state index contributed by atoms with van der Waals surface area (Å²) in [4.78, 5) is 24.5. The van der Waals surface area contributed by atoms with Crippen molar-refractivity contribution >= 4 is 11.9 Å². The van der Waals surface area contributed by atoms with Gasteiger partial charge in [0, 0.05) is 12.0 Å². The molecule has 3 rings (SSSR count). The number of hydrogen-bond donors (Lipinski definition) is 0. The number of hydrogen-bond acceptors (Lipinski definition) is 5. The van der Waals surface area contributed by atoms with Crippen molar-refractivity contribution in [1.29, 1.82) is 0 Å². The lowest BCUT2D eigenvalue weighted by atomic mass is 9.85. The number of ether oxygens (including phenoxy) is 2. The van der Waals surface area contributed by atoms with Crippen LogP contribution in [0.4, 0.5) is 0 Å². The summed E-state index contributed by atoms with van der Waals surface area (Å²) in [5.74, 6) is -1.29. The summed E-state index contributed by atoms with van der Waals surface area (Å²) in [5, 5.41) is 0. The van der Waals surface area contributed by atoms with Gasteiger partial charge in [-0.2, -0.15) is 0 Å². The predicted molar refractivity (Wildman–Crippen MR) is 91.8 cm³/mol. The number of esters is 2. The molecule has 2 aliphatic rings. The Labute approximate surface area is 147 Å². The second-order valence-electron chi connectivity index (χ2n) is 6.68. The van der Waals surface area contributed by atoms with Crippen molar-refractivity contribution in [2.75, 3.05) is 0 Å². The molecule has 0 unspecified atom stereocenters. The molecule has 132 valence electrons. The molecule has 1 saturated heterocycles. The van der Waals surface area contributed by atoms with Crippen molar-refractivity contribution in [3.63, 3.8) is 0 Å². The Balaban J connectivity index is 1.93. The van der Waals surface area contributed by atoms with E-state index < -0.39 is 24.1 Å². The van der Waals surface area contributed by atoms with Crippen LogP contribution < -0.4 is 0 Å². The SMILES string of the molecule is C=C1C(=O)O[C@@H]2/C=C(\C)CC/C=C(\C)C[C@@H](OC(=O)c3ccoc3)[C@@H]12. The molecule has 0 N–H and O–H groups in total. The molecule has 0 spiro atoms. The molecular weight excluding hydrogens is 320 g/mol. The van der Waals surface area contributed by atoms with Gasteiger partial charge < -0.3 is 13.9 Å². The van der Waals surface area contributed by atoms with Crippen LogP contribution in [-0.2, 0) is 14.3 Å². The van der Waals surface area contributed by atoms with Gasteiger partial charge in [-0.15, -0.1) is 0 Å². The summed E-state index contributed by atoms with van der Waals surface area (Å²) >= 11 is 0. The standard InChI is InChI=1S/C20H22O5/c1-12-5-4-6-13(2)10-17(25-20(22)15-7-8-23-11-15)18-14(3)19(21)24-16(18)9-12/h6-9,11,16-18H,3-5,10H2,1-2H3/b12-9+,13-6+/t16-,17-,18+/m1/s1. The first kappa shape index (κ1) is 17.3. The number of rotatable bonds is 2. The number of carbonyl (C=O) groups excluding carboxylic acids is 2. The molecule has 0 radical (unpaired) electrons. The first-order valence-corrected chi connectivity index (χ1v) is 8.41. The molecule has 1 aliphatic carbocycles. The zero-order valence-corrected chi connectivity index (χ0v) is 14.5. The molecule has 0 saturated carbocycles. The van der Waals surface area contributed by atoms with Crippen LogP contribution in [0, 0.1) is 5.92 Å². The van der Waals surface area contributed by atoms with Crippen molar-refractivity contribution in [2.45, 2.75) is 45.3 Å². The van der Waals surface area contributed by atoms with Crippen LogP contribution in [0.2, 0.25) is 0 Å². The average Bonchev–Trinajstić information content (AvgIpc) is 3.16. The maximum Gasteiger partial charge on any atom is 0.341 e. The minimum Gasteiger partial charge on any atom is -0.472 e. The second kappa shape index (κ2) is 7.13. The van der Waals surface area contributed by atoms with Crippen LogP contribution in [-0.4, -0.2) is 24.1 Å². The Morgan fingerprint density at radius 3 is 2.84 bits per heavy atom. The third-order valence-electron chi connectivity index (χ3n) is 4.68. The quantitative estimate of drug-likeness (QED) is 0.462. The first-order chi connectivity index (χ1) is 12.0. The maximum absolute atomic E-state index is 12.4. The van der Waals surface area contributed by atoms with Crippen LogP contribution >= 0.6 is 0 Å². The summed E-state index contributed by atoms with van der Waals surface area (Å²) in [6, 6.07) is 1.55. The molecule has 0 amide bonds. The summed E-state index contributed by atoms with van der Waals surface area (Å²) in [6.07, 6.45) is 8.24. The Hall–Kier alpha value is -2.56. The van der Waals surface area contributed by atoms with Crippen molar-refractivity contribution in [3.8, 4) is 0 Å². The molecule has 5 nitrogen and oxygen atoms in total. The largest absolute Gasteiger partial charge is 0.472 e. The van der Waals surface area contributed by atoms with Gasteiger partial charge in [-0.25, -0.2) is 9.59 Å². The van der Waals surface area contributed by atoms with E-state index in [4.69, 9.17) is 13.9 Å². The van der Waals surface area contributed by atoms with Crippen LogP contribution in [0.25, 0.3) is 0 Å². The van der Waals surface area contributed by atoms with E-state index in [0.29, 0.717) is 17.6 Å². The highest BCUT2D eigenvalue weighted by Crippen LogP contribution is 2.36. The monoisotopic (exact) mass is 342 g/mol. The molecule has 0 bridgehead atoms. The van der Waals surface area contributed by atoms with E-state index in [0.717, 1.165) is 24.0 Å². The molecule has 3 atom stereocenters. The van der Waals surface area contributed by atoms with Gasteiger partial charge in [0.2, 0.25) is 0 Å². The van der Waals surface area contributed by atoms with Crippen LogP contribution in [0.3, 0.4) is 0 Å². The van der Waals surface area contributed by atoms with E-state index in [1.54, 1.807) is 6.07 Å². The van der Waals surface area contributed by atoms with E-state index >= 15 is 0 Å². The van der Waals surface area contributed by atoms with Crippen LogP contribution in [0.5, 0.6) is 0 Å². The Morgan fingerprint density at radius 2 is 2.12 bits per heavy atom. The highest BCUT2D eigenvalue weighted by Gasteiger charge is 2.44. The van der Waals surface area contributed by atoms with E-state index in [1.807, 2.05) is 19.9 Å². The third kappa shape index (κ3) is 3.76. The van der Waals surface area contributed by atoms with Gasteiger partial charge >= 0.3 is 11.9 Å². The van der Waals surface area contributed by atoms with Crippen molar-refractivity contribution < 1.29 is 23.5 Å². The lowest BCUT2D eigenvalue weighted by Crippen LogP contribution is -2.33. The van der Waals surface area contributed by atoms with Gasteiger partial charge in [0.25, 0.3) is 0 Å². The van der Waals surface area contributed by atoms with Crippen molar-refractivity contribution in [1.82, 2.24) is 0 Å². The summed E-state index contributed by atoms with van der Waals surface area (Å²) in [6.45, 7) is 7.91. The average molecular weight is 342 g/mol. The number of carbonyl (C=O) groups is 2. The lowest BCUT2D eigenvalue weighted by Gasteiger charge is -2.27. The Morgan fingerprint density at radius 1 is 1.32 bits per heavy atom. The highest BCUT2D eigenvalue weighted by atomic mass is 16.6. The fourth-order valence-electron chi connectivity index (χ4n) is 3.32. The summed E-state index contributed by atoms with van der Waals surface area (Å²) in [7, 11) is 0. The Bertz CT molecular complexity index is 738. The van der Waals surface area contributed by atoms with E-state index in [1.165, 1.54) is 12.5 Å². The normalized spacial score (nSPS) is 31.2. The second-order valence-corrected chi connectivity index (χ2v) is 6.68. The molecular formula is C20H22O5. The summed E-state index contributed by atoms with van der Waals surface area (Å²) in [5.41, 5.74) is 2.96. The molecule has 25 heavy (non-hydrogen) atoms. The zero-order valence-electron chi connectivity index (χ0n) is 14.5. The molecule has 1 aromatic rings. The lowest BCUT2D eigenvalue weighted by molar-refractivity contribution is -0.137. The predicted octanol–water partition coefficient (Wildman–Crippen LogP) is 3.98. The van der Waals surface area contributed by atoms with Gasteiger partial charge in [-0.1, -0.05) is 23.8 Å². The van der Waals surface area contributed by atoms with Gasteiger partial charge in [-0.3, -0.25) is 0 Å². The van der Waals surface area contributed by atoms with Crippen LogP contribution in [0.1, 0.15) is 43.5 Å².